The Morgan fingerprint density at radius 3 is 2.17 bits per heavy atom. The van der Waals surface area contributed by atoms with Crippen molar-refractivity contribution < 1.29 is 36.3 Å². The first-order valence-corrected chi connectivity index (χ1v) is 13.0. The fraction of sp³-hybridized carbons (Fsp3) is 0.300. The van der Waals surface area contributed by atoms with Crippen LogP contribution < -0.4 is 9.80 Å². The number of carbonyl (C=O) groups is 3. The van der Waals surface area contributed by atoms with Gasteiger partial charge in [0.2, 0.25) is 5.91 Å². The third kappa shape index (κ3) is 5.28. The number of hydrogen-bond donors (Lipinski definition) is 0. The standard InChI is InChI=1S/C30H26F5N3O3/c1-29(2)27(40)38(23-11-12-25(32)24(16-23)30(33,34)35)28(41)37(29)17-19-7-8-21(31)15-20(19)14-18-5-9-22(10-6-18)36-13-3-4-26(36)39/h5-12,15-16H,3-4,13-14,17H2,1-2H3. The average molecular weight is 572 g/mol. The van der Waals surface area contributed by atoms with Gasteiger partial charge in [-0.3, -0.25) is 9.59 Å². The second kappa shape index (κ2) is 10.3. The first-order valence-electron chi connectivity index (χ1n) is 13.0. The van der Waals surface area contributed by atoms with Crippen molar-refractivity contribution in [1.29, 1.82) is 0 Å². The molecule has 0 unspecified atom stereocenters. The molecular formula is C30H26F5N3O3. The van der Waals surface area contributed by atoms with E-state index in [1.807, 2.05) is 24.3 Å². The summed E-state index contributed by atoms with van der Waals surface area (Å²) in [5.41, 5.74) is -0.773. The molecule has 214 valence electrons. The Balaban J connectivity index is 1.42. The minimum absolute atomic E-state index is 0.0573. The minimum atomic E-state index is -5.02. The highest BCUT2D eigenvalue weighted by atomic mass is 19.4. The summed E-state index contributed by atoms with van der Waals surface area (Å²) >= 11 is 0. The van der Waals surface area contributed by atoms with Gasteiger partial charge in [0.1, 0.15) is 17.2 Å². The Labute approximate surface area is 233 Å². The van der Waals surface area contributed by atoms with Crippen molar-refractivity contribution in [1.82, 2.24) is 4.90 Å². The van der Waals surface area contributed by atoms with Crippen LogP contribution in [0.15, 0.2) is 60.7 Å². The number of urea groups is 1. The molecule has 2 saturated heterocycles. The minimum Gasteiger partial charge on any atom is -0.312 e. The van der Waals surface area contributed by atoms with Crippen molar-refractivity contribution in [3.05, 3.63) is 94.6 Å². The molecule has 3 aromatic rings. The van der Waals surface area contributed by atoms with Crippen LogP contribution >= 0.6 is 0 Å². The van der Waals surface area contributed by atoms with E-state index in [4.69, 9.17) is 0 Å². The van der Waals surface area contributed by atoms with Crippen molar-refractivity contribution in [2.24, 2.45) is 0 Å². The van der Waals surface area contributed by atoms with Crippen molar-refractivity contribution in [3.8, 4) is 0 Å². The topological polar surface area (TPSA) is 60.9 Å². The Morgan fingerprint density at radius 2 is 1.54 bits per heavy atom. The van der Waals surface area contributed by atoms with Gasteiger partial charge in [-0.25, -0.2) is 18.5 Å². The van der Waals surface area contributed by atoms with Crippen LogP contribution in [0.1, 0.15) is 48.9 Å². The van der Waals surface area contributed by atoms with Crippen LogP contribution in [0.2, 0.25) is 0 Å². The van der Waals surface area contributed by atoms with Crippen molar-refractivity contribution in [2.45, 2.75) is 51.4 Å². The summed E-state index contributed by atoms with van der Waals surface area (Å²) in [4.78, 5) is 42.3. The predicted molar refractivity (Wildman–Crippen MR) is 141 cm³/mol. The van der Waals surface area contributed by atoms with Gasteiger partial charge in [0.25, 0.3) is 5.91 Å². The lowest BCUT2D eigenvalue weighted by Crippen LogP contribution is -2.43. The first kappa shape index (κ1) is 28.3. The predicted octanol–water partition coefficient (Wildman–Crippen LogP) is 6.45. The van der Waals surface area contributed by atoms with E-state index in [-0.39, 0.29) is 18.9 Å². The van der Waals surface area contributed by atoms with Crippen LogP contribution in [0.5, 0.6) is 0 Å². The number of hydrogen-bond acceptors (Lipinski definition) is 3. The highest BCUT2D eigenvalue weighted by molar-refractivity contribution is 6.23. The molecule has 0 spiro atoms. The second-order valence-electron chi connectivity index (χ2n) is 10.6. The van der Waals surface area contributed by atoms with Gasteiger partial charge in [-0.15, -0.1) is 0 Å². The van der Waals surface area contributed by atoms with Gasteiger partial charge in [-0.2, -0.15) is 13.2 Å². The SMILES string of the molecule is CC1(C)C(=O)N(c2ccc(F)c(C(F)(F)F)c2)C(=O)N1Cc1ccc(F)cc1Cc1ccc(N2CCCC2=O)cc1. The van der Waals surface area contributed by atoms with E-state index in [0.717, 1.165) is 23.7 Å². The number of carbonyl (C=O) groups excluding carboxylic acids is 3. The molecule has 0 N–H and O–H groups in total. The molecule has 4 amide bonds. The Morgan fingerprint density at radius 1 is 0.854 bits per heavy atom. The summed E-state index contributed by atoms with van der Waals surface area (Å²) in [6.45, 7) is 3.44. The maximum atomic E-state index is 14.3. The normalized spacial score (nSPS) is 17.2. The van der Waals surface area contributed by atoms with Crippen LogP contribution in [-0.4, -0.2) is 34.8 Å². The van der Waals surface area contributed by atoms with Gasteiger partial charge < -0.3 is 9.80 Å². The molecule has 6 nitrogen and oxygen atoms in total. The Kier molecular flexibility index (Phi) is 7.08. The molecular weight excluding hydrogens is 545 g/mol. The summed E-state index contributed by atoms with van der Waals surface area (Å²) in [5.74, 6) is -2.74. The summed E-state index contributed by atoms with van der Waals surface area (Å²) in [7, 11) is 0. The molecule has 0 saturated carbocycles. The summed E-state index contributed by atoms with van der Waals surface area (Å²) in [5, 5.41) is 0. The molecule has 0 atom stereocenters. The summed E-state index contributed by atoms with van der Waals surface area (Å²) in [6.07, 6.45) is -3.44. The molecule has 2 heterocycles. The third-order valence-electron chi connectivity index (χ3n) is 7.55. The monoisotopic (exact) mass is 571 g/mol. The molecule has 3 aromatic carbocycles. The van der Waals surface area contributed by atoms with Gasteiger partial charge >= 0.3 is 12.2 Å². The first-order chi connectivity index (χ1) is 19.3. The summed E-state index contributed by atoms with van der Waals surface area (Å²) < 4.78 is 68.1. The smallest absolute Gasteiger partial charge is 0.312 e. The molecule has 41 heavy (non-hydrogen) atoms. The number of imide groups is 1. The largest absolute Gasteiger partial charge is 0.419 e. The lowest BCUT2D eigenvalue weighted by Gasteiger charge is -2.28. The zero-order valence-electron chi connectivity index (χ0n) is 22.3. The van der Waals surface area contributed by atoms with E-state index in [1.54, 1.807) is 4.90 Å². The number of alkyl halides is 3. The fourth-order valence-electron chi connectivity index (χ4n) is 5.22. The summed E-state index contributed by atoms with van der Waals surface area (Å²) in [6, 6.07) is 12.4. The molecule has 2 aliphatic heterocycles. The molecule has 0 radical (unpaired) electrons. The fourth-order valence-corrected chi connectivity index (χ4v) is 5.22. The molecule has 0 aliphatic carbocycles. The van der Waals surface area contributed by atoms with Crippen LogP contribution in [0, 0.1) is 11.6 Å². The maximum absolute atomic E-state index is 14.3. The van der Waals surface area contributed by atoms with E-state index in [9.17, 15) is 36.3 Å². The second-order valence-corrected chi connectivity index (χ2v) is 10.6. The Hall–Kier alpha value is -4.28. The van der Waals surface area contributed by atoms with Gasteiger partial charge in [-0.05, 0) is 85.8 Å². The average Bonchev–Trinajstić information content (AvgIpc) is 3.40. The zero-order chi connectivity index (χ0) is 29.7. The Bertz CT molecular complexity index is 1540. The van der Waals surface area contributed by atoms with E-state index >= 15 is 0 Å². The highest BCUT2D eigenvalue weighted by Gasteiger charge is 2.52. The number of rotatable bonds is 6. The van der Waals surface area contributed by atoms with E-state index in [1.165, 1.54) is 36.9 Å². The number of nitrogens with zero attached hydrogens (tertiary/aromatic N) is 3. The molecule has 0 aromatic heterocycles. The number of anilines is 2. The highest BCUT2D eigenvalue weighted by Crippen LogP contribution is 2.38. The van der Waals surface area contributed by atoms with Crippen molar-refractivity contribution >= 4 is 29.2 Å². The lowest BCUT2D eigenvalue weighted by atomic mass is 9.97. The maximum Gasteiger partial charge on any atom is 0.419 e. The molecule has 11 heteroatoms. The zero-order valence-corrected chi connectivity index (χ0v) is 22.3. The van der Waals surface area contributed by atoms with Gasteiger partial charge in [0, 0.05) is 25.2 Å². The van der Waals surface area contributed by atoms with Crippen LogP contribution in [-0.2, 0) is 28.7 Å². The quantitative estimate of drug-likeness (QED) is 0.253. The van der Waals surface area contributed by atoms with Crippen LogP contribution in [0.4, 0.5) is 38.1 Å². The molecule has 5 rings (SSSR count). The van der Waals surface area contributed by atoms with E-state index < -0.39 is 46.5 Å². The van der Waals surface area contributed by atoms with Crippen molar-refractivity contribution in [2.75, 3.05) is 16.3 Å². The van der Waals surface area contributed by atoms with Crippen LogP contribution in [0.3, 0.4) is 0 Å². The molecule has 0 bridgehead atoms. The third-order valence-corrected chi connectivity index (χ3v) is 7.55. The lowest BCUT2D eigenvalue weighted by molar-refractivity contribution is -0.140. The number of halogens is 5. The van der Waals surface area contributed by atoms with Gasteiger partial charge in [-0.1, -0.05) is 18.2 Å². The van der Waals surface area contributed by atoms with E-state index in [2.05, 4.69) is 0 Å². The van der Waals surface area contributed by atoms with Crippen molar-refractivity contribution in [3.63, 3.8) is 0 Å². The number of amides is 4. The number of benzene rings is 3. The van der Waals surface area contributed by atoms with E-state index in [0.29, 0.717) is 41.1 Å². The van der Waals surface area contributed by atoms with Crippen LogP contribution in [0.25, 0.3) is 0 Å². The van der Waals surface area contributed by atoms with Gasteiger partial charge in [0.15, 0.2) is 0 Å². The molecule has 2 fully saturated rings. The van der Waals surface area contributed by atoms with Gasteiger partial charge in [0.05, 0.1) is 11.3 Å². The molecule has 2 aliphatic rings.